The standard InChI is InChI=1S/C13H12INO4/c14-12-9(16)2-1-8-10(17)7-11(19-13(8)12)15-3-5-18-6-4-15/h1-2,7,16H,3-6H2. The molecule has 2 heterocycles. The van der Waals surface area contributed by atoms with Crippen LogP contribution in [0, 0.1) is 3.57 Å². The summed E-state index contributed by atoms with van der Waals surface area (Å²) in [7, 11) is 0. The third kappa shape index (κ3) is 2.30. The number of fused-ring (bicyclic) bond motifs is 1. The lowest BCUT2D eigenvalue weighted by atomic mass is 10.2. The number of nitrogens with zero attached hydrogens (tertiary/aromatic N) is 1. The SMILES string of the molecule is O=c1cc(N2CCOCC2)oc2c(I)c(O)ccc12. The van der Waals surface area contributed by atoms with E-state index in [0.29, 0.717) is 46.7 Å². The normalized spacial score (nSPS) is 15.9. The van der Waals surface area contributed by atoms with Crippen molar-refractivity contribution in [3.05, 3.63) is 32.0 Å². The van der Waals surface area contributed by atoms with Gasteiger partial charge in [0.1, 0.15) is 5.75 Å². The summed E-state index contributed by atoms with van der Waals surface area (Å²) in [4.78, 5) is 14.1. The Hall–Kier alpha value is -1.28. The molecule has 100 valence electrons. The van der Waals surface area contributed by atoms with Gasteiger partial charge < -0.3 is 19.2 Å². The van der Waals surface area contributed by atoms with E-state index in [1.807, 2.05) is 27.5 Å². The molecule has 1 N–H and O–H groups in total. The minimum Gasteiger partial charge on any atom is -0.507 e. The number of anilines is 1. The van der Waals surface area contributed by atoms with Crippen LogP contribution < -0.4 is 10.3 Å². The first-order chi connectivity index (χ1) is 9.16. The van der Waals surface area contributed by atoms with Gasteiger partial charge in [-0.05, 0) is 34.7 Å². The van der Waals surface area contributed by atoms with Crippen molar-refractivity contribution in [1.29, 1.82) is 0 Å². The molecule has 0 atom stereocenters. The maximum atomic E-state index is 12.1. The molecule has 0 amide bonds. The largest absolute Gasteiger partial charge is 0.507 e. The molecular formula is C13H12INO4. The van der Waals surface area contributed by atoms with Crippen LogP contribution in [0.4, 0.5) is 5.88 Å². The number of morpholine rings is 1. The molecule has 1 fully saturated rings. The Labute approximate surface area is 122 Å². The van der Waals surface area contributed by atoms with Crippen LogP contribution >= 0.6 is 22.6 Å². The van der Waals surface area contributed by atoms with E-state index in [0.717, 1.165) is 0 Å². The van der Waals surface area contributed by atoms with Crippen molar-refractivity contribution in [1.82, 2.24) is 0 Å². The second-order valence-corrected chi connectivity index (χ2v) is 5.40. The highest BCUT2D eigenvalue weighted by Gasteiger charge is 2.17. The lowest BCUT2D eigenvalue weighted by Gasteiger charge is -2.27. The minimum absolute atomic E-state index is 0.0966. The zero-order chi connectivity index (χ0) is 13.4. The van der Waals surface area contributed by atoms with Crippen molar-refractivity contribution in [3.63, 3.8) is 0 Å². The number of rotatable bonds is 1. The first kappa shape index (κ1) is 12.7. The van der Waals surface area contributed by atoms with Gasteiger partial charge in [0.25, 0.3) is 0 Å². The lowest BCUT2D eigenvalue weighted by Crippen LogP contribution is -2.36. The Morgan fingerprint density at radius 3 is 2.74 bits per heavy atom. The predicted octanol–water partition coefficient (Wildman–Crippen LogP) is 1.94. The highest BCUT2D eigenvalue weighted by Crippen LogP contribution is 2.29. The van der Waals surface area contributed by atoms with Gasteiger partial charge in [-0.2, -0.15) is 0 Å². The monoisotopic (exact) mass is 373 g/mol. The van der Waals surface area contributed by atoms with Gasteiger partial charge in [-0.15, -0.1) is 0 Å². The number of phenols is 1. The maximum absolute atomic E-state index is 12.1. The number of ether oxygens (including phenoxy) is 1. The number of hydrogen-bond acceptors (Lipinski definition) is 5. The molecule has 5 nitrogen and oxygen atoms in total. The topological polar surface area (TPSA) is 62.9 Å². The summed E-state index contributed by atoms with van der Waals surface area (Å²) in [6.45, 7) is 2.64. The van der Waals surface area contributed by atoms with E-state index in [1.165, 1.54) is 12.1 Å². The van der Waals surface area contributed by atoms with Crippen LogP contribution in [0.25, 0.3) is 11.0 Å². The van der Waals surface area contributed by atoms with E-state index in [2.05, 4.69) is 0 Å². The first-order valence-corrected chi connectivity index (χ1v) is 7.03. The molecule has 2 aromatic rings. The molecule has 1 aliphatic rings. The highest BCUT2D eigenvalue weighted by molar-refractivity contribution is 14.1. The Kier molecular flexibility index (Phi) is 3.36. The number of benzene rings is 1. The first-order valence-electron chi connectivity index (χ1n) is 5.95. The molecule has 0 aliphatic carbocycles. The molecule has 1 saturated heterocycles. The molecule has 0 bridgehead atoms. The average Bonchev–Trinajstić information content (AvgIpc) is 2.44. The van der Waals surface area contributed by atoms with Gasteiger partial charge in [-0.25, -0.2) is 0 Å². The molecule has 0 spiro atoms. The molecule has 0 radical (unpaired) electrons. The van der Waals surface area contributed by atoms with Crippen molar-refractivity contribution in [3.8, 4) is 5.75 Å². The van der Waals surface area contributed by atoms with Gasteiger partial charge in [-0.3, -0.25) is 4.79 Å². The summed E-state index contributed by atoms with van der Waals surface area (Å²) >= 11 is 1.98. The third-order valence-corrected chi connectivity index (χ3v) is 4.17. The lowest BCUT2D eigenvalue weighted by molar-refractivity contribution is 0.121. The summed E-state index contributed by atoms with van der Waals surface area (Å²) in [6.07, 6.45) is 0. The summed E-state index contributed by atoms with van der Waals surface area (Å²) in [6, 6.07) is 4.60. The van der Waals surface area contributed by atoms with Gasteiger partial charge in [-0.1, -0.05) is 0 Å². The fraction of sp³-hybridized carbons (Fsp3) is 0.308. The van der Waals surface area contributed by atoms with Crippen LogP contribution in [0.1, 0.15) is 0 Å². The van der Waals surface area contributed by atoms with Gasteiger partial charge in [0.05, 0.1) is 22.2 Å². The van der Waals surface area contributed by atoms with E-state index in [1.54, 1.807) is 6.07 Å². The zero-order valence-corrected chi connectivity index (χ0v) is 12.2. The highest BCUT2D eigenvalue weighted by atomic mass is 127. The molecule has 0 saturated carbocycles. The van der Waals surface area contributed by atoms with Crippen molar-refractivity contribution >= 4 is 39.4 Å². The van der Waals surface area contributed by atoms with Crippen LogP contribution in [0.3, 0.4) is 0 Å². The molecule has 19 heavy (non-hydrogen) atoms. The van der Waals surface area contributed by atoms with Crippen molar-refractivity contribution < 1.29 is 14.3 Å². The second-order valence-electron chi connectivity index (χ2n) is 4.32. The number of aromatic hydroxyl groups is 1. The Morgan fingerprint density at radius 1 is 1.26 bits per heavy atom. The average molecular weight is 373 g/mol. The second kappa shape index (κ2) is 5.01. The van der Waals surface area contributed by atoms with Crippen LogP contribution in [-0.4, -0.2) is 31.4 Å². The zero-order valence-electron chi connectivity index (χ0n) is 10.1. The molecule has 1 aliphatic heterocycles. The third-order valence-electron chi connectivity index (χ3n) is 3.13. The minimum atomic E-state index is -0.0966. The molecular weight excluding hydrogens is 361 g/mol. The summed E-state index contributed by atoms with van der Waals surface area (Å²) in [5.41, 5.74) is 0.343. The van der Waals surface area contributed by atoms with E-state index in [9.17, 15) is 9.90 Å². The Bertz CT molecular complexity index is 676. The molecule has 0 unspecified atom stereocenters. The van der Waals surface area contributed by atoms with Gasteiger partial charge >= 0.3 is 0 Å². The maximum Gasteiger partial charge on any atom is 0.200 e. The van der Waals surface area contributed by atoms with Crippen molar-refractivity contribution in [2.45, 2.75) is 0 Å². The summed E-state index contributed by atoms with van der Waals surface area (Å²) < 4.78 is 11.6. The predicted molar refractivity (Wildman–Crippen MR) is 79.9 cm³/mol. The van der Waals surface area contributed by atoms with E-state index < -0.39 is 0 Å². The fourth-order valence-corrected chi connectivity index (χ4v) is 2.68. The van der Waals surface area contributed by atoms with E-state index in [-0.39, 0.29) is 11.2 Å². The van der Waals surface area contributed by atoms with Crippen molar-refractivity contribution in [2.24, 2.45) is 0 Å². The smallest absolute Gasteiger partial charge is 0.200 e. The Morgan fingerprint density at radius 2 is 2.00 bits per heavy atom. The van der Waals surface area contributed by atoms with Gasteiger partial charge in [0.15, 0.2) is 16.9 Å². The van der Waals surface area contributed by atoms with Gasteiger partial charge in [0.2, 0.25) is 0 Å². The molecule has 1 aromatic heterocycles. The number of phenolic OH excluding ortho intramolecular Hbond substituents is 1. The number of halogens is 1. The molecule has 6 heteroatoms. The number of hydrogen-bond donors (Lipinski definition) is 1. The summed E-state index contributed by atoms with van der Waals surface area (Å²) in [5.74, 6) is 0.652. The van der Waals surface area contributed by atoms with E-state index in [4.69, 9.17) is 9.15 Å². The molecule has 1 aromatic carbocycles. The fourth-order valence-electron chi connectivity index (χ4n) is 2.10. The Balaban J connectivity index is 2.17. The van der Waals surface area contributed by atoms with Crippen LogP contribution in [0.2, 0.25) is 0 Å². The van der Waals surface area contributed by atoms with Crippen LogP contribution in [-0.2, 0) is 4.74 Å². The summed E-state index contributed by atoms with van der Waals surface area (Å²) in [5, 5.41) is 10.2. The van der Waals surface area contributed by atoms with E-state index >= 15 is 0 Å². The molecule has 3 rings (SSSR count). The van der Waals surface area contributed by atoms with Crippen molar-refractivity contribution in [2.75, 3.05) is 31.2 Å². The van der Waals surface area contributed by atoms with Crippen LogP contribution in [0.5, 0.6) is 5.75 Å². The van der Waals surface area contributed by atoms with Crippen LogP contribution in [0.15, 0.2) is 27.4 Å². The van der Waals surface area contributed by atoms with Gasteiger partial charge in [0, 0.05) is 19.2 Å². The quantitative estimate of drug-likeness (QED) is 0.775.